The first-order chi connectivity index (χ1) is 10.6. The summed E-state index contributed by atoms with van der Waals surface area (Å²) < 4.78 is 27.2. The summed E-state index contributed by atoms with van der Waals surface area (Å²) >= 11 is 0. The predicted molar refractivity (Wildman–Crippen MR) is 85.8 cm³/mol. The summed E-state index contributed by atoms with van der Waals surface area (Å²) in [7, 11) is -3.56. The van der Waals surface area contributed by atoms with Gasteiger partial charge in [0.2, 0.25) is 10.0 Å². The molecule has 0 heterocycles. The van der Waals surface area contributed by atoms with Crippen molar-refractivity contribution in [2.24, 2.45) is 0 Å². The van der Waals surface area contributed by atoms with Crippen molar-refractivity contribution < 1.29 is 8.42 Å². The Bertz CT molecular complexity index is 747. The lowest BCUT2D eigenvalue weighted by Gasteiger charge is -2.16. The fourth-order valence-electron chi connectivity index (χ4n) is 2.23. The van der Waals surface area contributed by atoms with Crippen LogP contribution >= 0.6 is 0 Å². The smallest absolute Gasteiger partial charge is 0.211 e. The molecule has 0 aromatic heterocycles. The molecule has 2 aromatic carbocycles. The molecule has 1 unspecified atom stereocenters. The fraction of sp³-hybridized carbons (Fsp3) is 0.235. The monoisotopic (exact) mass is 314 g/mol. The topological polar surface area (TPSA) is 70.0 Å². The normalized spacial score (nSPS) is 12.5. The second kappa shape index (κ2) is 7.21. The molecule has 0 bridgehead atoms. The number of sulfonamides is 1. The minimum absolute atomic E-state index is 0.134. The third-order valence-electron chi connectivity index (χ3n) is 3.58. The van der Waals surface area contributed by atoms with Crippen LogP contribution in [-0.4, -0.2) is 15.0 Å². The molecule has 0 aliphatic rings. The highest BCUT2D eigenvalue weighted by atomic mass is 32.2. The Morgan fingerprint density at radius 3 is 2.27 bits per heavy atom. The van der Waals surface area contributed by atoms with Gasteiger partial charge in [-0.25, -0.2) is 13.1 Å². The molecule has 1 atom stereocenters. The summed E-state index contributed by atoms with van der Waals surface area (Å²) in [5, 5.41) is 8.75. The van der Waals surface area contributed by atoms with Crippen LogP contribution in [0.4, 0.5) is 0 Å². The van der Waals surface area contributed by atoms with E-state index in [0.717, 1.165) is 12.0 Å². The molecule has 0 amide bonds. The first-order valence-electron chi connectivity index (χ1n) is 7.11. The Kier molecular flexibility index (Phi) is 5.31. The second-order valence-electron chi connectivity index (χ2n) is 5.00. The molecular formula is C17H18N2O2S. The molecular weight excluding hydrogens is 296 g/mol. The number of nitrogens with one attached hydrogen (secondary N) is 1. The zero-order valence-corrected chi connectivity index (χ0v) is 13.2. The quantitative estimate of drug-likeness (QED) is 0.891. The van der Waals surface area contributed by atoms with Gasteiger partial charge in [0.15, 0.2) is 0 Å². The van der Waals surface area contributed by atoms with Crippen LogP contribution in [0.3, 0.4) is 0 Å². The van der Waals surface area contributed by atoms with E-state index in [4.69, 9.17) is 5.26 Å². The Labute approximate surface area is 131 Å². The van der Waals surface area contributed by atoms with Crippen LogP contribution in [0.5, 0.6) is 0 Å². The van der Waals surface area contributed by atoms with E-state index in [1.54, 1.807) is 0 Å². The second-order valence-corrected chi connectivity index (χ2v) is 6.77. The van der Waals surface area contributed by atoms with Crippen LogP contribution in [0.1, 0.15) is 30.4 Å². The van der Waals surface area contributed by atoms with Gasteiger partial charge in [-0.2, -0.15) is 5.26 Å². The van der Waals surface area contributed by atoms with Crippen molar-refractivity contribution in [1.82, 2.24) is 4.72 Å². The average Bonchev–Trinajstić information content (AvgIpc) is 2.56. The molecule has 0 radical (unpaired) electrons. The lowest BCUT2D eigenvalue weighted by Crippen LogP contribution is -2.28. The molecule has 5 heteroatoms. The molecule has 1 N–H and O–H groups in total. The van der Waals surface area contributed by atoms with Crippen molar-refractivity contribution in [3.8, 4) is 6.07 Å². The molecule has 0 aliphatic heterocycles. The van der Waals surface area contributed by atoms with E-state index in [1.807, 2.05) is 43.3 Å². The molecule has 22 heavy (non-hydrogen) atoms. The van der Waals surface area contributed by atoms with E-state index in [0.29, 0.717) is 12.1 Å². The summed E-state index contributed by atoms with van der Waals surface area (Å²) in [5.41, 5.74) is 1.56. The number of benzene rings is 2. The number of hydrogen-bond acceptors (Lipinski definition) is 3. The van der Waals surface area contributed by atoms with Gasteiger partial charge in [0.05, 0.1) is 16.5 Å². The highest BCUT2D eigenvalue weighted by molar-refractivity contribution is 7.89. The van der Waals surface area contributed by atoms with Gasteiger partial charge in [0.25, 0.3) is 0 Å². The fourth-order valence-corrected chi connectivity index (χ4v) is 3.31. The molecule has 4 nitrogen and oxygen atoms in total. The molecule has 2 rings (SSSR count). The van der Waals surface area contributed by atoms with Gasteiger partial charge < -0.3 is 0 Å². The molecule has 114 valence electrons. The van der Waals surface area contributed by atoms with Gasteiger partial charge in [0.1, 0.15) is 0 Å². The van der Waals surface area contributed by atoms with Gasteiger partial charge in [-0.05, 0) is 42.2 Å². The predicted octanol–water partition coefficient (Wildman–Crippen LogP) is 3.03. The maximum Gasteiger partial charge on any atom is 0.240 e. The molecule has 0 fully saturated rings. The lowest BCUT2D eigenvalue weighted by molar-refractivity contribution is 0.566. The Morgan fingerprint density at radius 1 is 1.09 bits per heavy atom. The van der Waals surface area contributed by atoms with Gasteiger partial charge in [-0.15, -0.1) is 0 Å². The van der Waals surface area contributed by atoms with Gasteiger partial charge in [-0.3, -0.25) is 0 Å². The zero-order valence-electron chi connectivity index (χ0n) is 12.4. The minimum Gasteiger partial charge on any atom is -0.211 e. The molecule has 0 spiro atoms. The van der Waals surface area contributed by atoms with Crippen molar-refractivity contribution in [2.75, 3.05) is 6.54 Å². The molecule has 0 saturated carbocycles. The maximum absolute atomic E-state index is 12.3. The first-order valence-corrected chi connectivity index (χ1v) is 8.60. The van der Waals surface area contributed by atoms with Crippen molar-refractivity contribution in [2.45, 2.75) is 24.2 Å². The van der Waals surface area contributed by atoms with E-state index in [2.05, 4.69) is 4.72 Å². The summed E-state index contributed by atoms with van der Waals surface area (Å²) in [6.45, 7) is 2.39. The van der Waals surface area contributed by atoms with E-state index in [-0.39, 0.29) is 10.8 Å². The van der Waals surface area contributed by atoms with Crippen LogP contribution < -0.4 is 4.72 Å². The third kappa shape index (κ3) is 3.94. The number of nitriles is 1. The van der Waals surface area contributed by atoms with E-state index in [1.165, 1.54) is 24.3 Å². The summed E-state index contributed by atoms with van der Waals surface area (Å²) in [6, 6.07) is 17.7. The van der Waals surface area contributed by atoms with Crippen molar-refractivity contribution in [3.63, 3.8) is 0 Å². The van der Waals surface area contributed by atoms with E-state index in [9.17, 15) is 8.42 Å². The minimum atomic E-state index is -3.56. The molecule has 2 aromatic rings. The standard InChI is InChI=1S/C17H18N2O2S/c1-2-15(16-6-4-3-5-7-16)13-19-22(20,21)17-10-8-14(12-18)9-11-17/h3-11,15,19H,2,13H2,1H3. The highest BCUT2D eigenvalue weighted by Crippen LogP contribution is 2.19. The van der Waals surface area contributed by atoms with E-state index >= 15 is 0 Å². The van der Waals surface area contributed by atoms with Crippen LogP contribution in [-0.2, 0) is 10.0 Å². The molecule has 0 aliphatic carbocycles. The number of rotatable bonds is 6. The van der Waals surface area contributed by atoms with Crippen LogP contribution in [0.15, 0.2) is 59.5 Å². The summed E-state index contributed by atoms with van der Waals surface area (Å²) in [6.07, 6.45) is 0.847. The van der Waals surface area contributed by atoms with Gasteiger partial charge in [0, 0.05) is 6.54 Å². The first kappa shape index (κ1) is 16.2. The van der Waals surface area contributed by atoms with Crippen LogP contribution in [0, 0.1) is 11.3 Å². The van der Waals surface area contributed by atoms with Crippen LogP contribution in [0.2, 0.25) is 0 Å². The summed E-state index contributed by atoms with van der Waals surface area (Å²) in [4.78, 5) is 0.175. The number of hydrogen-bond donors (Lipinski definition) is 1. The Hall–Kier alpha value is -2.16. The average molecular weight is 314 g/mol. The molecule has 0 saturated heterocycles. The lowest BCUT2D eigenvalue weighted by atomic mass is 9.97. The van der Waals surface area contributed by atoms with Crippen molar-refractivity contribution in [3.05, 3.63) is 65.7 Å². The Morgan fingerprint density at radius 2 is 1.73 bits per heavy atom. The SMILES string of the molecule is CCC(CNS(=O)(=O)c1ccc(C#N)cc1)c1ccccc1. The van der Waals surface area contributed by atoms with Crippen LogP contribution in [0.25, 0.3) is 0 Å². The highest BCUT2D eigenvalue weighted by Gasteiger charge is 2.17. The number of nitrogens with zero attached hydrogens (tertiary/aromatic N) is 1. The zero-order chi connectivity index (χ0) is 16.0. The van der Waals surface area contributed by atoms with Crippen molar-refractivity contribution in [1.29, 1.82) is 5.26 Å². The van der Waals surface area contributed by atoms with Crippen molar-refractivity contribution >= 4 is 10.0 Å². The van der Waals surface area contributed by atoms with E-state index < -0.39 is 10.0 Å². The largest absolute Gasteiger partial charge is 0.240 e. The van der Waals surface area contributed by atoms with Gasteiger partial charge in [-0.1, -0.05) is 37.3 Å². The third-order valence-corrected chi connectivity index (χ3v) is 5.02. The summed E-state index contributed by atoms with van der Waals surface area (Å²) in [5.74, 6) is 0.134. The Balaban J connectivity index is 2.10. The maximum atomic E-state index is 12.3. The van der Waals surface area contributed by atoms with Gasteiger partial charge >= 0.3 is 0 Å².